The van der Waals surface area contributed by atoms with Gasteiger partial charge in [-0.05, 0) is 35.7 Å². The molecule has 0 amide bonds. The van der Waals surface area contributed by atoms with E-state index in [1.54, 1.807) is 24.8 Å². The van der Waals surface area contributed by atoms with E-state index in [4.69, 9.17) is 24.4 Å². The number of para-hydroxylation sites is 2. The Bertz CT molecular complexity index is 2860. The first-order chi connectivity index (χ1) is 27.1. The minimum absolute atomic E-state index is 0. The third-order valence-electron chi connectivity index (χ3n) is 9.28. The van der Waals surface area contributed by atoms with Crippen molar-refractivity contribution < 1.29 is 50.3 Å². The quantitative estimate of drug-likeness (QED) is 0.111. The predicted molar refractivity (Wildman–Crippen MR) is 211 cm³/mol. The van der Waals surface area contributed by atoms with Gasteiger partial charge in [-0.3, -0.25) is 0 Å². The van der Waals surface area contributed by atoms with Crippen molar-refractivity contribution >= 4 is 32.8 Å². The molecule has 0 fully saturated rings. The Balaban J connectivity index is 0.00000228. The summed E-state index contributed by atoms with van der Waals surface area (Å²) in [7, 11) is 1.99. The molecule has 0 aliphatic carbocycles. The Hall–Kier alpha value is -6.33. The van der Waals surface area contributed by atoms with Crippen molar-refractivity contribution in [2.24, 2.45) is 7.05 Å². The van der Waals surface area contributed by atoms with Gasteiger partial charge in [0.15, 0.2) is 0 Å². The Labute approximate surface area is 355 Å². The smallest absolute Gasteiger partial charge is 0.503 e. The summed E-state index contributed by atoms with van der Waals surface area (Å²) in [6.45, 7) is 0. The standard InChI is InChI=1S/C46H27N7O2.2Pd/c1-52-42-17-3-2-16-41(42)51-45(52)32-28-49-46(50-29-32)53-43-26-35(54-33-12-8-10-30(24-33)39-14-4-6-22-47-39)18-20-37(43)38-21-19-36(27-44(38)53)55-34-13-9-11-31(25-34)40-15-5-7-23-48-40;;/h2-23,28-29H,1H3;;/q-4;2*+2. The average Bonchev–Trinajstić information content (AvgIpc) is 3.75. The number of pyridine rings is 2. The number of aryl methyl sites for hydroxylation is 1. The fourth-order valence-corrected chi connectivity index (χ4v) is 6.70. The molecule has 5 heterocycles. The van der Waals surface area contributed by atoms with Crippen LogP contribution in [-0.4, -0.2) is 34.1 Å². The first-order valence-corrected chi connectivity index (χ1v) is 17.5. The molecule has 0 atom stereocenters. The van der Waals surface area contributed by atoms with Gasteiger partial charge >= 0.3 is 40.8 Å². The molecule has 0 spiro atoms. The zero-order valence-electron chi connectivity index (χ0n) is 29.9. The molecule has 278 valence electrons. The molecule has 11 heteroatoms. The Morgan fingerprint density at radius 1 is 0.509 bits per heavy atom. The van der Waals surface area contributed by atoms with Crippen molar-refractivity contribution in [1.29, 1.82) is 0 Å². The van der Waals surface area contributed by atoms with Crippen LogP contribution in [-0.2, 0) is 47.9 Å². The number of fused-ring (bicyclic) bond motifs is 4. The summed E-state index contributed by atoms with van der Waals surface area (Å²) >= 11 is 0. The van der Waals surface area contributed by atoms with E-state index in [1.807, 2.05) is 138 Å². The van der Waals surface area contributed by atoms with E-state index in [0.29, 0.717) is 40.0 Å². The monoisotopic (exact) mass is 921 g/mol. The van der Waals surface area contributed by atoms with Crippen molar-refractivity contribution in [3.8, 4) is 62.8 Å². The maximum absolute atomic E-state index is 6.36. The summed E-state index contributed by atoms with van der Waals surface area (Å²) in [5.41, 5.74) is 7.40. The number of aromatic nitrogens is 7. The minimum atomic E-state index is 0. The molecule has 57 heavy (non-hydrogen) atoms. The molecule has 0 aliphatic heterocycles. The topological polar surface area (TPSA) is 92.8 Å². The largest absolute Gasteiger partial charge is 2.00 e. The summed E-state index contributed by atoms with van der Waals surface area (Å²) in [4.78, 5) is 23.5. The second-order valence-electron chi connectivity index (χ2n) is 12.8. The van der Waals surface area contributed by atoms with Gasteiger partial charge in [0.05, 0.1) is 16.6 Å². The van der Waals surface area contributed by atoms with Crippen LogP contribution in [0.4, 0.5) is 0 Å². The molecule has 0 radical (unpaired) electrons. The molecule has 10 rings (SSSR count). The summed E-state index contributed by atoms with van der Waals surface area (Å²) in [5, 5.41) is 1.84. The van der Waals surface area contributed by atoms with E-state index in [1.165, 1.54) is 0 Å². The maximum Gasteiger partial charge on any atom is 2.00 e. The van der Waals surface area contributed by atoms with Crippen LogP contribution in [0.25, 0.3) is 72.7 Å². The second kappa shape index (κ2) is 16.0. The van der Waals surface area contributed by atoms with Gasteiger partial charge in [0.1, 0.15) is 5.82 Å². The summed E-state index contributed by atoms with van der Waals surface area (Å²) < 4.78 is 16.7. The van der Waals surface area contributed by atoms with Gasteiger partial charge in [-0.25, -0.2) is 15.0 Å². The predicted octanol–water partition coefficient (Wildman–Crippen LogP) is 10.0. The Kier molecular flexibility index (Phi) is 10.6. The number of hydrogen-bond donors (Lipinski definition) is 0. The van der Waals surface area contributed by atoms with Crippen molar-refractivity contribution in [3.05, 3.63) is 170 Å². The average molecular weight is 923 g/mol. The van der Waals surface area contributed by atoms with Gasteiger partial charge in [0, 0.05) is 54.8 Å². The fourth-order valence-electron chi connectivity index (χ4n) is 6.70. The number of ether oxygens (including phenoxy) is 2. The number of imidazole rings is 1. The van der Waals surface area contributed by atoms with Gasteiger partial charge in [0.25, 0.3) is 0 Å². The van der Waals surface area contributed by atoms with Crippen LogP contribution in [0.3, 0.4) is 0 Å². The van der Waals surface area contributed by atoms with Crippen LogP contribution >= 0.6 is 0 Å². The summed E-state index contributed by atoms with van der Waals surface area (Å²) in [6.07, 6.45) is 7.10. The summed E-state index contributed by atoms with van der Waals surface area (Å²) in [6, 6.07) is 52.5. The van der Waals surface area contributed by atoms with Gasteiger partial charge < -0.3 is 28.6 Å². The Morgan fingerprint density at radius 2 is 1.04 bits per heavy atom. The maximum atomic E-state index is 6.36. The molecule has 0 saturated carbocycles. The molecule has 0 N–H and O–H groups in total. The molecule has 0 bridgehead atoms. The van der Waals surface area contributed by atoms with Crippen molar-refractivity contribution in [2.45, 2.75) is 0 Å². The van der Waals surface area contributed by atoms with Crippen LogP contribution in [0.1, 0.15) is 0 Å². The molecule has 10 aromatic rings. The van der Waals surface area contributed by atoms with Gasteiger partial charge in [-0.15, -0.1) is 71.8 Å². The third kappa shape index (κ3) is 7.26. The van der Waals surface area contributed by atoms with E-state index >= 15 is 0 Å². The molecular formula is C46H27N7O2Pd2. The van der Waals surface area contributed by atoms with Gasteiger partial charge in [0.2, 0.25) is 5.95 Å². The first kappa shape index (κ1) is 37.6. The van der Waals surface area contributed by atoms with Crippen molar-refractivity contribution in [2.75, 3.05) is 0 Å². The SMILES string of the molecule is Cn1c(-c2cnc(-n3c4[c-]c(Oc5[c-]c(-c6ccccn6)ccc5)ccc4c4ccc(Oc5[c-]c(-c6ccccn6)ccc5)[c-]c43)nc2)nc2ccccc21.[Pd+2].[Pd+2]. The number of benzene rings is 5. The molecule has 0 unspecified atom stereocenters. The molecule has 0 saturated heterocycles. The minimum Gasteiger partial charge on any atom is -0.503 e. The Morgan fingerprint density at radius 3 is 1.56 bits per heavy atom. The van der Waals surface area contributed by atoms with Gasteiger partial charge in [-0.2, -0.15) is 22.9 Å². The zero-order valence-corrected chi connectivity index (χ0v) is 33.0. The third-order valence-corrected chi connectivity index (χ3v) is 9.28. The van der Waals surface area contributed by atoms with Gasteiger partial charge in [-0.1, -0.05) is 59.6 Å². The van der Waals surface area contributed by atoms with E-state index < -0.39 is 0 Å². The van der Waals surface area contributed by atoms with E-state index in [-0.39, 0.29) is 40.8 Å². The molecule has 9 nitrogen and oxygen atoms in total. The van der Waals surface area contributed by atoms with Crippen LogP contribution in [0.5, 0.6) is 23.0 Å². The fraction of sp³-hybridized carbons (Fsp3) is 0.0217. The van der Waals surface area contributed by atoms with Crippen LogP contribution in [0.15, 0.2) is 146 Å². The van der Waals surface area contributed by atoms with E-state index in [0.717, 1.165) is 55.7 Å². The van der Waals surface area contributed by atoms with Crippen LogP contribution < -0.4 is 9.47 Å². The normalized spacial score (nSPS) is 11.0. The second-order valence-corrected chi connectivity index (χ2v) is 12.8. The molecule has 0 aliphatic rings. The van der Waals surface area contributed by atoms with E-state index in [2.05, 4.69) is 34.2 Å². The van der Waals surface area contributed by atoms with E-state index in [9.17, 15) is 0 Å². The van der Waals surface area contributed by atoms with Crippen LogP contribution in [0, 0.1) is 24.3 Å². The zero-order chi connectivity index (χ0) is 36.7. The molecular weight excluding hydrogens is 895 g/mol. The number of rotatable bonds is 8. The number of hydrogen-bond acceptors (Lipinski definition) is 7. The van der Waals surface area contributed by atoms with Crippen molar-refractivity contribution in [3.63, 3.8) is 0 Å². The van der Waals surface area contributed by atoms with Crippen LogP contribution in [0.2, 0.25) is 0 Å². The van der Waals surface area contributed by atoms with Crippen molar-refractivity contribution in [1.82, 2.24) is 34.1 Å². The molecule has 5 aromatic heterocycles. The number of nitrogens with zero attached hydrogens (tertiary/aromatic N) is 7. The first-order valence-electron chi connectivity index (χ1n) is 17.5. The summed E-state index contributed by atoms with van der Waals surface area (Å²) in [5.74, 6) is 3.27. The molecule has 5 aromatic carbocycles.